The van der Waals surface area contributed by atoms with Crippen molar-refractivity contribution in [2.24, 2.45) is 0 Å². The van der Waals surface area contributed by atoms with E-state index in [0.717, 1.165) is 46.8 Å². The summed E-state index contributed by atoms with van der Waals surface area (Å²) in [7, 11) is 0. The molecule has 0 aliphatic heterocycles. The maximum atomic E-state index is 13.1. The fourth-order valence-electron chi connectivity index (χ4n) is 3.75. The van der Waals surface area contributed by atoms with E-state index in [9.17, 15) is 22.8 Å². The highest BCUT2D eigenvalue weighted by Gasteiger charge is 2.31. The first-order chi connectivity index (χ1) is 19.9. The molecule has 0 fully saturated rings. The van der Waals surface area contributed by atoms with Crippen LogP contribution in [0.3, 0.4) is 0 Å². The lowest BCUT2D eigenvalue weighted by Crippen LogP contribution is -2.29. The molecule has 1 heterocycles. The summed E-state index contributed by atoms with van der Waals surface area (Å²) < 4.78 is 46.5. The Labute approximate surface area is 253 Å². The van der Waals surface area contributed by atoms with Crippen molar-refractivity contribution in [2.45, 2.75) is 31.7 Å². The number of alkyl halides is 3. The average Bonchev–Trinajstić information content (AvgIpc) is 3.35. The highest BCUT2D eigenvalue weighted by atomic mass is 35.5. The first kappa shape index (κ1) is 31.2. The molecule has 0 aliphatic carbocycles. The van der Waals surface area contributed by atoms with Crippen LogP contribution in [0.5, 0.6) is 5.75 Å². The van der Waals surface area contributed by atoms with E-state index in [1.165, 1.54) is 0 Å². The number of rotatable bonds is 10. The second-order valence-corrected chi connectivity index (χ2v) is 10.8. The molecule has 4 aromatic rings. The molecule has 0 bridgehead atoms. The Morgan fingerprint density at radius 1 is 1.00 bits per heavy atom. The Morgan fingerprint density at radius 3 is 2.45 bits per heavy atom. The van der Waals surface area contributed by atoms with E-state index in [1.54, 1.807) is 28.8 Å². The molecule has 4 rings (SSSR count). The summed E-state index contributed by atoms with van der Waals surface area (Å²) in [6, 6.07) is 14.9. The summed E-state index contributed by atoms with van der Waals surface area (Å²) in [6.07, 6.45) is -4.59. The van der Waals surface area contributed by atoms with E-state index in [2.05, 4.69) is 20.8 Å². The minimum absolute atomic E-state index is 0.00971. The van der Waals surface area contributed by atoms with E-state index in [0.29, 0.717) is 21.8 Å². The molecule has 0 aliphatic rings. The van der Waals surface area contributed by atoms with Crippen molar-refractivity contribution in [1.82, 2.24) is 20.1 Å². The lowest BCUT2D eigenvalue weighted by atomic mass is 10.1. The Morgan fingerprint density at radius 2 is 1.74 bits per heavy atom. The number of amides is 2. The van der Waals surface area contributed by atoms with Crippen molar-refractivity contribution < 1.29 is 27.5 Å². The monoisotopic (exact) mass is 637 g/mol. The highest BCUT2D eigenvalue weighted by Crippen LogP contribution is 2.34. The zero-order valence-electron chi connectivity index (χ0n) is 22.3. The summed E-state index contributed by atoms with van der Waals surface area (Å²) in [5, 5.41) is 14.5. The van der Waals surface area contributed by atoms with Crippen LogP contribution in [-0.4, -0.2) is 38.9 Å². The van der Waals surface area contributed by atoms with Gasteiger partial charge in [-0.15, -0.1) is 10.2 Å². The molecule has 0 radical (unpaired) electrons. The molecule has 1 aromatic heterocycles. The van der Waals surface area contributed by atoms with Gasteiger partial charge in [-0.3, -0.25) is 14.2 Å². The lowest BCUT2D eigenvalue weighted by Gasteiger charge is -2.15. The van der Waals surface area contributed by atoms with E-state index in [4.69, 9.17) is 27.9 Å². The van der Waals surface area contributed by atoms with E-state index in [-0.39, 0.29) is 29.6 Å². The van der Waals surface area contributed by atoms with Crippen LogP contribution in [-0.2, 0) is 22.3 Å². The number of ether oxygens (including phenoxy) is 1. The van der Waals surface area contributed by atoms with Crippen LogP contribution in [0.15, 0.2) is 65.8 Å². The Hall–Kier alpha value is -3.74. The van der Waals surface area contributed by atoms with Gasteiger partial charge in [-0.1, -0.05) is 47.1 Å². The number of carbonyl (C=O) groups excluding carboxylic acids is 2. The van der Waals surface area contributed by atoms with Crippen LogP contribution in [0.1, 0.15) is 22.5 Å². The molecule has 0 spiro atoms. The van der Waals surface area contributed by atoms with Crippen molar-refractivity contribution in [3.8, 4) is 11.4 Å². The van der Waals surface area contributed by atoms with Gasteiger partial charge in [-0.05, 0) is 73.5 Å². The maximum absolute atomic E-state index is 13.1. The number of nitrogens with one attached hydrogen (secondary N) is 2. The smallest absolute Gasteiger partial charge is 0.416 e. The van der Waals surface area contributed by atoms with E-state index in [1.807, 2.05) is 32.0 Å². The van der Waals surface area contributed by atoms with Gasteiger partial charge in [0.05, 0.1) is 34.3 Å². The molecular formula is C28H24Cl2F3N5O3S. The van der Waals surface area contributed by atoms with Crippen LogP contribution < -0.4 is 15.4 Å². The number of hydrogen-bond acceptors (Lipinski definition) is 6. The van der Waals surface area contributed by atoms with Crippen LogP contribution in [0.4, 0.5) is 18.9 Å². The normalized spacial score (nSPS) is 11.3. The number of carbonyl (C=O) groups is 2. The van der Waals surface area contributed by atoms with Gasteiger partial charge < -0.3 is 15.4 Å². The van der Waals surface area contributed by atoms with Crippen molar-refractivity contribution in [2.75, 3.05) is 17.7 Å². The largest absolute Gasteiger partial charge is 0.484 e. The van der Waals surface area contributed by atoms with Crippen LogP contribution in [0.25, 0.3) is 5.69 Å². The number of aryl methyl sites for hydroxylation is 1. The third kappa shape index (κ3) is 7.96. The second-order valence-electron chi connectivity index (χ2n) is 9.00. The molecule has 2 amide bonds. The van der Waals surface area contributed by atoms with Gasteiger partial charge in [0, 0.05) is 5.02 Å². The van der Waals surface area contributed by atoms with E-state index >= 15 is 0 Å². The van der Waals surface area contributed by atoms with Gasteiger partial charge in [0.2, 0.25) is 5.91 Å². The molecule has 14 heteroatoms. The summed E-state index contributed by atoms with van der Waals surface area (Å²) in [5.41, 5.74) is 1.58. The van der Waals surface area contributed by atoms with Crippen LogP contribution in [0, 0.1) is 13.8 Å². The lowest BCUT2D eigenvalue weighted by molar-refractivity contribution is -0.137. The number of anilines is 1. The molecule has 0 saturated heterocycles. The zero-order valence-corrected chi connectivity index (χ0v) is 24.6. The topological polar surface area (TPSA) is 98.1 Å². The first-order valence-electron chi connectivity index (χ1n) is 12.4. The van der Waals surface area contributed by atoms with Gasteiger partial charge in [0.1, 0.15) is 5.75 Å². The molecular weight excluding hydrogens is 614 g/mol. The van der Waals surface area contributed by atoms with Gasteiger partial charge in [-0.25, -0.2) is 0 Å². The highest BCUT2D eigenvalue weighted by molar-refractivity contribution is 7.99. The van der Waals surface area contributed by atoms with Crippen LogP contribution in [0.2, 0.25) is 10.0 Å². The van der Waals surface area contributed by atoms with Crippen LogP contribution >= 0.6 is 35.0 Å². The summed E-state index contributed by atoms with van der Waals surface area (Å²) >= 11 is 12.9. The van der Waals surface area contributed by atoms with Gasteiger partial charge >= 0.3 is 6.18 Å². The molecule has 2 N–H and O–H groups in total. The SMILES string of the molecule is Cc1cccc(-n2c(CNC(=O)COc3ccc(Cl)cc3)nnc2SCC(=O)Nc2cc(C(F)(F)F)ccc2Cl)c1C. The minimum atomic E-state index is -4.59. The minimum Gasteiger partial charge on any atom is -0.484 e. The van der Waals surface area contributed by atoms with E-state index < -0.39 is 23.6 Å². The zero-order chi connectivity index (χ0) is 30.4. The quantitative estimate of drug-likeness (QED) is 0.189. The molecule has 42 heavy (non-hydrogen) atoms. The van der Waals surface area contributed by atoms with Gasteiger partial charge in [-0.2, -0.15) is 13.2 Å². The van der Waals surface area contributed by atoms with Crippen molar-refractivity contribution in [3.05, 3.63) is 93.2 Å². The predicted octanol–water partition coefficient (Wildman–Crippen LogP) is 6.64. The Balaban J connectivity index is 1.47. The fourth-order valence-corrected chi connectivity index (χ4v) is 4.80. The summed E-state index contributed by atoms with van der Waals surface area (Å²) in [4.78, 5) is 25.2. The summed E-state index contributed by atoms with van der Waals surface area (Å²) in [5.74, 6) is -0.307. The number of aromatic nitrogens is 3. The molecule has 220 valence electrons. The Bertz CT molecular complexity index is 1600. The van der Waals surface area contributed by atoms with Crippen molar-refractivity contribution >= 4 is 52.5 Å². The molecule has 0 atom stereocenters. The van der Waals surface area contributed by atoms with Gasteiger partial charge in [0.25, 0.3) is 5.91 Å². The predicted molar refractivity (Wildman–Crippen MR) is 155 cm³/mol. The fraction of sp³-hybridized carbons (Fsp3) is 0.214. The number of hydrogen-bond donors (Lipinski definition) is 2. The molecule has 8 nitrogen and oxygen atoms in total. The third-order valence-corrected chi connectivity index (χ3v) is 7.56. The number of halogens is 5. The maximum Gasteiger partial charge on any atom is 0.416 e. The number of thioether (sulfide) groups is 1. The second kappa shape index (κ2) is 13.5. The molecule has 0 saturated carbocycles. The first-order valence-corrected chi connectivity index (χ1v) is 14.1. The van der Waals surface area contributed by atoms with Crippen molar-refractivity contribution in [3.63, 3.8) is 0 Å². The molecule has 3 aromatic carbocycles. The number of nitrogens with zero attached hydrogens (tertiary/aromatic N) is 3. The number of benzene rings is 3. The summed E-state index contributed by atoms with van der Waals surface area (Å²) in [6.45, 7) is 3.64. The average molecular weight is 638 g/mol. The van der Waals surface area contributed by atoms with Gasteiger partial charge in [0.15, 0.2) is 17.6 Å². The third-order valence-electron chi connectivity index (χ3n) is 6.04. The van der Waals surface area contributed by atoms with Crippen molar-refractivity contribution in [1.29, 1.82) is 0 Å². The standard InChI is InChI=1S/C28H24Cl2F3N5O3S/c1-16-4-3-5-23(17(16)2)38-24(13-34-25(39)14-41-20-9-7-19(29)8-10-20)36-37-27(38)42-15-26(40)35-22-12-18(28(31,32)33)6-11-21(22)30/h3-12H,13-15H2,1-2H3,(H,34,39)(H,35,40). The Kier molecular flexibility index (Phi) is 10.0. The molecule has 0 unspecified atom stereocenters.